The van der Waals surface area contributed by atoms with Crippen molar-refractivity contribution in [2.24, 2.45) is 20.0 Å². The van der Waals surface area contributed by atoms with Crippen molar-refractivity contribution in [2.45, 2.75) is 6.04 Å². The van der Waals surface area contributed by atoms with Crippen molar-refractivity contribution >= 4 is 35.9 Å². The number of fused-ring (bicyclic) bond motifs is 1. The second kappa shape index (κ2) is 9.15. The molecule has 0 amide bonds. The molecule has 0 fully saturated rings. The van der Waals surface area contributed by atoms with E-state index >= 15 is 0 Å². The molecule has 9 nitrogen and oxygen atoms in total. The van der Waals surface area contributed by atoms with Gasteiger partial charge >= 0.3 is 0 Å². The van der Waals surface area contributed by atoms with Gasteiger partial charge in [0.05, 0.1) is 13.2 Å². The van der Waals surface area contributed by atoms with E-state index in [-0.39, 0.29) is 6.04 Å². The summed E-state index contributed by atoms with van der Waals surface area (Å²) in [5.41, 5.74) is 1.68. The fourth-order valence-electron chi connectivity index (χ4n) is 2.69. The van der Waals surface area contributed by atoms with Crippen LogP contribution < -0.4 is 5.32 Å². The van der Waals surface area contributed by atoms with Gasteiger partial charge in [-0.1, -0.05) is 0 Å². The van der Waals surface area contributed by atoms with Gasteiger partial charge in [-0.05, 0) is 24.3 Å². The topological polar surface area (TPSA) is 107 Å². The average Bonchev–Trinajstić information content (AvgIpc) is 3.18. The van der Waals surface area contributed by atoms with Gasteiger partial charge in [-0.25, -0.2) is 15.0 Å². The largest absolute Gasteiger partial charge is 0.383 e. The van der Waals surface area contributed by atoms with Crippen LogP contribution >= 0.6 is 0 Å². The molecule has 1 aromatic carbocycles. The lowest BCUT2D eigenvalue weighted by Crippen LogP contribution is -2.36. The zero-order chi connectivity index (χ0) is 19.1. The molecule has 1 unspecified atom stereocenters. The van der Waals surface area contributed by atoms with E-state index in [0.717, 1.165) is 11.3 Å². The van der Waals surface area contributed by atoms with E-state index in [1.165, 1.54) is 12.7 Å². The van der Waals surface area contributed by atoms with E-state index in [1.54, 1.807) is 14.2 Å². The van der Waals surface area contributed by atoms with E-state index in [4.69, 9.17) is 14.9 Å². The summed E-state index contributed by atoms with van der Waals surface area (Å²) in [4.78, 5) is 18.7. The smallest absolute Gasteiger partial charge is 0.169 e. The number of benzene rings is 1. The number of nitrogens with zero attached hydrogens (tertiary/aromatic N) is 5. The molecular weight excluding hydrogens is 346 g/mol. The predicted molar refractivity (Wildman–Crippen MR) is 108 cm³/mol. The van der Waals surface area contributed by atoms with Crippen LogP contribution in [-0.4, -0.2) is 81.6 Å². The van der Waals surface area contributed by atoms with E-state index in [2.05, 4.69) is 25.3 Å². The molecule has 0 aliphatic carbocycles. The summed E-state index contributed by atoms with van der Waals surface area (Å²) in [7, 11) is 3.31. The van der Waals surface area contributed by atoms with Gasteiger partial charge in [0.1, 0.15) is 24.3 Å². The number of aliphatic imine (C=N–C) groups is 4. The number of amidine groups is 3. The molecule has 2 aliphatic heterocycles. The monoisotopic (exact) mass is 369 g/mol. The van der Waals surface area contributed by atoms with Crippen molar-refractivity contribution in [3.05, 3.63) is 29.8 Å². The zero-order valence-corrected chi connectivity index (χ0v) is 15.4. The van der Waals surface area contributed by atoms with Gasteiger partial charge in [0.25, 0.3) is 0 Å². The Morgan fingerprint density at radius 2 is 1.78 bits per heavy atom. The van der Waals surface area contributed by atoms with Crippen molar-refractivity contribution < 1.29 is 9.47 Å². The Kier molecular flexibility index (Phi) is 6.39. The Morgan fingerprint density at radius 1 is 1.07 bits per heavy atom. The first-order valence-electron chi connectivity index (χ1n) is 8.61. The van der Waals surface area contributed by atoms with Crippen LogP contribution in [0.2, 0.25) is 0 Å². The normalized spacial score (nSPS) is 17.3. The van der Waals surface area contributed by atoms with Crippen LogP contribution in [-0.2, 0) is 9.47 Å². The van der Waals surface area contributed by atoms with E-state index in [9.17, 15) is 0 Å². The molecule has 0 aromatic heterocycles. The highest BCUT2D eigenvalue weighted by molar-refractivity contribution is 6.23. The molecule has 0 radical (unpaired) electrons. The molecule has 0 spiro atoms. The van der Waals surface area contributed by atoms with Crippen LogP contribution in [0.5, 0.6) is 0 Å². The maximum Gasteiger partial charge on any atom is 0.169 e. The lowest BCUT2D eigenvalue weighted by atomic mass is 10.1. The summed E-state index contributed by atoms with van der Waals surface area (Å²) >= 11 is 0. The Balaban J connectivity index is 1.66. The minimum absolute atomic E-state index is 0.272. The van der Waals surface area contributed by atoms with Crippen molar-refractivity contribution in [1.82, 2.24) is 4.90 Å². The van der Waals surface area contributed by atoms with Crippen LogP contribution in [0.15, 0.2) is 44.2 Å². The SMILES string of the molecule is COCCN(CCOC)C(=N)c1ccc(NC2=NC=NC3=NC=NC32)cc1. The van der Waals surface area contributed by atoms with Crippen molar-refractivity contribution in [3.8, 4) is 0 Å². The van der Waals surface area contributed by atoms with Gasteiger partial charge in [0, 0.05) is 38.6 Å². The number of anilines is 1. The molecule has 2 heterocycles. The van der Waals surface area contributed by atoms with Crippen molar-refractivity contribution in [3.63, 3.8) is 0 Å². The first-order valence-corrected chi connectivity index (χ1v) is 8.61. The second-order valence-corrected chi connectivity index (χ2v) is 5.94. The highest BCUT2D eigenvalue weighted by Gasteiger charge is 2.26. The molecule has 2 aliphatic rings. The fraction of sp³-hybridized carbons (Fsp3) is 0.389. The number of hydrogen-bond acceptors (Lipinski definition) is 8. The fourth-order valence-corrected chi connectivity index (χ4v) is 2.69. The van der Waals surface area contributed by atoms with Crippen LogP contribution in [0.25, 0.3) is 0 Å². The van der Waals surface area contributed by atoms with Crippen LogP contribution in [0.3, 0.4) is 0 Å². The third-order valence-corrected chi connectivity index (χ3v) is 4.17. The lowest BCUT2D eigenvalue weighted by molar-refractivity contribution is 0.146. The maximum atomic E-state index is 8.48. The van der Waals surface area contributed by atoms with Crippen LogP contribution in [0, 0.1) is 5.41 Å². The van der Waals surface area contributed by atoms with Gasteiger partial charge in [-0.15, -0.1) is 0 Å². The molecule has 3 rings (SSSR count). The molecule has 2 N–H and O–H groups in total. The number of hydrogen-bond donors (Lipinski definition) is 2. The number of ether oxygens (including phenoxy) is 2. The molecule has 27 heavy (non-hydrogen) atoms. The summed E-state index contributed by atoms with van der Waals surface area (Å²) in [6.45, 7) is 2.38. The van der Waals surface area contributed by atoms with E-state index in [0.29, 0.717) is 43.8 Å². The standard InChI is InChI=1S/C18H23N7O2/c1-26-9-7-25(8-10-27-2)16(19)13-3-5-14(6-4-13)24-18-15-17(21-11-20-15)22-12-23-18/h3-6,11-12,15,19H,7-10H2,1-2H3,(H,20,21,22,23,24). The molecule has 1 aromatic rings. The third kappa shape index (κ3) is 4.63. The van der Waals surface area contributed by atoms with Gasteiger partial charge in [-0.2, -0.15) is 0 Å². The average molecular weight is 369 g/mol. The predicted octanol–water partition coefficient (Wildman–Crippen LogP) is 1.27. The highest BCUT2D eigenvalue weighted by atomic mass is 16.5. The molecule has 0 saturated carbocycles. The molecule has 9 heteroatoms. The quantitative estimate of drug-likeness (QED) is 0.531. The minimum Gasteiger partial charge on any atom is -0.383 e. The van der Waals surface area contributed by atoms with Crippen LogP contribution in [0.1, 0.15) is 5.56 Å². The summed E-state index contributed by atoms with van der Waals surface area (Å²) in [5.74, 6) is 1.76. The van der Waals surface area contributed by atoms with Gasteiger partial charge in [0.2, 0.25) is 0 Å². The van der Waals surface area contributed by atoms with Crippen LogP contribution in [0.4, 0.5) is 5.69 Å². The van der Waals surface area contributed by atoms with Crippen molar-refractivity contribution in [2.75, 3.05) is 45.8 Å². The van der Waals surface area contributed by atoms with E-state index in [1.807, 2.05) is 29.2 Å². The summed E-state index contributed by atoms with van der Waals surface area (Å²) < 4.78 is 10.3. The molecule has 142 valence electrons. The Bertz CT molecular complexity index is 775. The Morgan fingerprint density at radius 3 is 2.44 bits per heavy atom. The summed E-state index contributed by atoms with van der Waals surface area (Å²) in [6, 6.07) is 7.37. The Labute approximate surface area is 158 Å². The number of nitrogens with one attached hydrogen (secondary N) is 2. The van der Waals surface area contributed by atoms with E-state index < -0.39 is 0 Å². The first-order chi connectivity index (χ1) is 13.2. The van der Waals surface area contributed by atoms with Gasteiger partial charge < -0.3 is 19.7 Å². The number of methoxy groups -OCH3 is 2. The third-order valence-electron chi connectivity index (χ3n) is 4.17. The minimum atomic E-state index is -0.272. The summed E-state index contributed by atoms with van der Waals surface area (Å²) in [6.07, 6.45) is 2.97. The lowest BCUT2D eigenvalue weighted by Gasteiger charge is -2.25. The molecular formula is C18H23N7O2. The first kappa shape index (κ1) is 18.9. The zero-order valence-electron chi connectivity index (χ0n) is 15.4. The number of rotatable bonds is 8. The molecule has 1 atom stereocenters. The molecule has 0 bridgehead atoms. The van der Waals surface area contributed by atoms with Gasteiger partial charge in [0.15, 0.2) is 11.9 Å². The highest BCUT2D eigenvalue weighted by Crippen LogP contribution is 2.15. The Hall–Kier alpha value is -2.91. The summed E-state index contributed by atoms with van der Waals surface area (Å²) in [5, 5.41) is 11.7. The van der Waals surface area contributed by atoms with Gasteiger partial charge in [-0.3, -0.25) is 10.4 Å². The maximum absolute atomic E-state index is 8.48. The second-order valence-electron chi connectivity index (χ2n) is 5.94. The van der Waals surface area contributed by atoms with Crippen molar-refractivity contribution in [1.29, 1.82) is 5.41 Å². The molecule has 0 saturated heterocycles.